The largest absolute Gasteiger partial charge is 0.484 e. The van der Waals surface area contributed by atoms with Gasteiger partial charge in [-0.25, -0.2) is 4.98 Å². The Kier molecular flexibility index (Phi) is 8.51. The van der Waals surface area contributed by atoms with E-state index in [9.17, 15) is 9.59 Å². The summed E-state index contributed by atoms with van der Waals surface area (Å²) in [6, 6.07) is 25.3. The van der Waals surface area contributed by atoms with Gasteiger partial charge in [0.15, 0.2) is 5.78 Å². The summed E-state index contributed by atoms with van der Waals surface area (Å²) in [5.74, 6) is 2.18. The molecule has 0 radical (unpaired) electrons. The Morgan fingerprint density at radius 2 is 1.88 bits per heavy atom. The van der Waals surface area contributed by atoms with Gasteiger partial charge in [-0.2, -0.15) is 0 Å². The van der Waals surface area contributed by atoms with Crippen molar-refractivity contribution in [3.63, 3.8) is 0 Å². The topological polar surface area (TPSA) is 86.4 Å². The zero-order valence-corrected chi connectivity index (χ0v) is 23.9. The lowest BCUT2D eigenvalue weighted by atomic mass is 9.87. The maximum absolute atomic E-state index is 12.8. The molecule has 1 aliphatic rings. The molecule has 0 spiro atoms. The van der Waals surface area contributed by atoms with E-state index in [4.69, 9.17) is 9.15 Å². The van der Waals surface area contributed by atoms with Crippen LogP contribution in [-0.2, 0) is 25.3 Å². The first-order valence-electron chi connectivity index (χ1n) is 14.0. The smallest absolute Gasteiger partial charge is 0.251 e. The lowest BCUT2D eigenvalue weighted by Crippen LogP contribution is -2.22. The average molecular weight is 578 g/mol. The summed E-state index contributed by atoms with van der Waals surface area (Å²) in [5, 5.41) is 2.88. The molecule has 0 saturated carbocycles. The number of rotatable bonds is 11. The van der Waals surface area contributed by atoms with Crippen LogP contribution in [0.3, 0.4) is 0 Å². The van der Waals surface area contributed by atoms with Gasteiger partial charge in [0.2, 0.25) is 0 Å². The van der Waals surface area contributed by atoms with Gasteiger partial charge in [-0.3, -0.25) is 9.59 Å². The van der Waals surface area contributed by atoms with Crippen LogP contribution in [0.1, 0.15) is 62.1 Å². The number of benzene rings is 3. The van der Waals surface area contributed by atoms with Crippen LogP contribution in [0.5, 0.6) is 5.75 Å². The predicted octanol–water partition coefficient (Wildman–Crippen LogP) is 7.04. The lowest BCUT2D eigenvalue weighted by molar-refractivity contribution is 0.0945. The number of ketones is 1. The van der Waals surface area contributed by atoms with Gasteiger partial charge in [0.1, 0.15) is 17.6 Å². The molecule has 3 aromatic carbocycles. The maximum Gasteiger partial charge on any atom is 0.251 e. The molecule has 212 valence electrons. The molecule has 42 heavy (non-hydrogen) atoms. The number of thioether (sulfide) groups is 1. The Morgan fingerprint density at radius 1 is 1.02 bits per heavy atom. The number of hydrogen-bond acceptors (Lipinski definition) is 6. The number of carbonyl (C=O) groups is 2. The standard InChI is InChI=1S/C34H31N3O4S/c38-31-10-4-9-28-29(31)15-16-32(41-33(21-37-18-17-35-23-37)24-6-2-1-3-7-24)30(28)22-42-27-13-11-25(12-14-27)34(39)36-20-26-8-5-19-40-26/h1-3,5-8,11-19,23,33H,4,9-10,20-22H2,(H,36,39)/t33-/m1/s1. The van der Waals surface area contributed by atoms with E-state index in [-0.39, 0.29) is 17.8 Å². The van der Waals surface area contributed by atoms with E-state index in [1.165, 1.54) is 0 Å². The van der Waals surface area contributed by atoms with Gasteiger partial charge in [-0.15, -0.1) is 11.8 Å². The minimum Gasteiger partial charge on any atom is -0.484 e. The Balaban J connectivity index is 1.22. The summed E-state index contributed by atoms with van der Waals surface area (Å²) in [6.07, 6.45) is 9.11. The number of furan rings is 1. The number of Topliss-reactive ketones (excluding diaryl/α,β-unsaturated/α-hetero) is 1. The van der Waals surface area contributed by atoms with Gasteiger partial charge in [-0.05, 0) is 72.5 Å². The second-order valence-corrected chi connectivity index (χ2v) is 11.2. The van der Waals surface area contributed by atoms with Crippen molar-refractivity contribution in [3.8, 4) is 5.75 Å². The normalized spacial score (nSPS) is 13.4. The van der Waals surface area contributed by atoms with Gasteiger partial charge in [0.05, 0.1) is 25.7 Å². The van der Waals surface area contributed by atoms with Crippen LogP contribution in [0.25, 0.3) is 0 Å². The Morgan fingerprint density at radius 3 is 2.64 bits per heavy atom. The highest BCUT2D eigenvalue weighted by molar-refractivity contribution is 7.98. The van der Waals surface area contributed by atoms with E-state index < -0.39 is 0 Å². The SMILES string of the molecule is O=C(NCc1ccco1)c1ccc(SCc2c(O[C@H](Cn3ccnc3)c3ccccc3)ccc3c2CCCC3=O)cc1. The van der Waals surface area contributed by atoms with Crippen LogP contribution >= 0.6 is 11.8 Å². The highest BCUT2D eigenvalue weighted by Crippen LogP contribution is 2.38. The number of aromatic nitrogens is 2. The number of amides is 1. The van der Waals surface area contributed by atoms with Crippen LogP contribution in [0, 0.1) is 0 Å². The molecule has 6 rings (SSSR count). The molecule has 7 nitrogen and oxygen atoms in total. The van der Waals surface area contributed by atoms with E-state index in [0.717, 1.165) is 45.7 Å². The van der Waals surface area contributed by atoms with Crippen LogP contribution in [0.4, 0.5) is 0 Å². The van der Waals surface area contributed by atoms with Crippen LogP contribution < -0.4 is 10.1 Å². The number of imidazole rings is 1. The van der Waals surface area contributed by atoms with E-state index in [2.05, 4.69) is 22.4 Å². The summed E-state index contributed by atoms with van der Waals surface area (Å²) in [4.78, 5) is 30.6. The monoisotopic (exact) mass is 577 g/mol. The minimum atomic E-state index is -0.236. The maximum atomic E-state index is 12.8. The molecule has 8 heteroatoms. The molecular weight excluding hydrogens is 546 g/mol. The molecule has 2 heterocycles. The van der Waals surface area contributed by atoms with E-state index >= 15 is 0 Å². The molecule has 1 N–H and O–H groups in total. The summed E-state index contributed by atoms with van der Waals surface area (Å²) in [7, 11) is 0. The third-order valence-electron chi connectivity index (χ3n) is 7.40. The summed E-state index contributed by atoms with van der Waals surface area (Å²) in [5.41, 5.74) is 4.60. The Bertz CT molecular complexity index is 1630. The molecule has 0 aliphatic heterocycles. The Labute approximate surface area is 248 Å². The highest BCUT2D eigenvalue weighted by Gasteiger charge is 2.25. The number of nitrogens with one attached hydrogen (secondary N) is 1. The predicted molar refractivity (Wildman–Crippen MR) is 162 cm³/mol. The quantitative estimate of drug-likeness (QED) is 0.170. The van der Waals surface area contributed by atoms with Gasteiger partial charge in [-0.1, -0.05) is 30.3 Å². The molecule has 5 aromatic rings. The Hall–Kier alpha value is -4.56. The van der Waals surface area contributed by atoms with Crippen molar-refractivity contribution in [1.29, 1.82) is 0 Å². The van der Waals surface area contributed by atoms with Crippen LogP contribution in [0.2, 0.25) is 0 Å². The summed E-state index contributed by atoms with van der Waals surface area (Å²) >= 11 is 1.67. The van der Waals surface area contributed by atoms with Gasteiger partial charge in [0, 0.05) is 46.2 Å². The molecule has 0 saturated heterocycles. The van der Waals surface area contributed by atoms with Crippen molar-refractivity contribution < 1.29 is 18.7 Å². The minimum absolute atomic E-state index is 0.154. The van der Waals surface area contributed by atoms with Crippen LogP contribution in [0.15, 0.2) is 113 Å². The van der Waals surface area contributed by atoms with Gasteiger partial charge in [0.25, 0.3) is 5.91 Å². The fourth-order valence-electron chi connectivity index (χ4n) is 5.21. The molecular formula is C34H31N3O4S. The van der Waals surface area contributed by atoms with Gasteiger partial charge < -0.3 is 19.0 Å². The first-order chi connectivity index (χ1) is 20.6. The van der Waals surface area contributed by atoms with Crippen molar-refractivity contribution >= 4 is 23.5 Å². The molecule has 1 atom stereocenters. The summed E-state index contributed by atoms with van der Waals surface area (Å²) in [6.45, 7) is 0.948. The van der Waals surface area contributed by atoms with Crippen LogP contribution in [-0.4, -0.2) is 21.2 Å². The first-order valence-corrected chi connectivity index (χ1v) is 15.0. The molecule has 0 fully saturated rings. The zero-order chi connectivity index (χ0) is 28.7. The fraction of sp³-hybridized carbons (Fsp3) is 0.206. The fourth-order valence-corrected chi connectivity index (χ4v) is 6.16. The molecule has 2 aromatic heterocycles. The number of nitrogens with zero attached hydrogens (tertiary/aromatic N) is 2. The highest BCUT2D eigenvalue weighted by atomic mass is 32.2. The second-order valence-electron chi connectivity index (χ2n) is 10.2. The van der Waals surface area contributed by atoms with Crippen molar-refractivity contribution in [2.45, 2.75) is 49.1 Å². The molecule has 1 amide bonds. The number of carbonyl (C=O) groups excluding carboxylic acids is 2. The van der Waals surface area contributed by atoms with E-state index in [1.807, 2.05) is 71.4 Å². The lowest BCUT2D eigenvalue weighted by Gasteiger charge is -2.25. The van der Waals surface area contributed by atoms with Crippen molar-refractivity contribution in [3.05, 3.63) is 137 Å². The third kappa shape index (κ3) is 6.50. The zero-order valence-electron chi connectivity index (χ0n) is 23.1. The third-order valence-corrected chi connectivity index (χ3v) is 8.44. The first kappa shape index (κ1) is 27.6. The van der Waals surface area contributed by atoms with Crippen molar-refractivity contribution in [1.82, 2.24) is 14.9 Å². The average Bonchev–Trinajstić information content (AvgIpc) is 3.75. The van der Waals surface area contributed by atoms with Crippen molar-refractivity contribution in [2.24, 2.45) is 0 Å². The number of ether oxygens (including phenoxy) is 1. The summed E-state index contributed by atoms with van der Waals surface area (Å²) < 4.78 is 14.1. The van der Waals surface area contributed by atoms with Crippen molar-refractivity contribution in [2.75, 3.05) is 0 Å². The molecule has 1 aliphatic carbocycles. The van der Waals surface area contributed by atoms with E-state index in [1.54, 1.807) is 36.6 Å². The second kappa shape index (κ2) is 13.0. The molecule has 0 unspecified atom stereocenters. The number of fused-ring (bicyclic) bond motifs is 1. The van der Waals surface area contributed by atoms with Gasteiger partial charge >= 0.3 is 0 Å². The number of hydrogen-bond donors (Lipinski definition) is 1. The molecule has 0 bridgehead atoms. The van der Waals surface area contributed by atoms with E-state index in [0.29, 0.717) is 36.6 Å².